The van der Waals surface area contributed by atoms with Gasteiger partial charge in [-0.05, 0) is 44.9 Å². The normalized spacial score (nSPS) is 12.4. The largest absolute Gasteiger partial charge is 0.329 e. The van der Waals surface area contributed by atoms with Crippen LogP contribution < -0.4 is 5.73 Å². The average Bonchev–Trinajstić information content (AvgIpc) is 2.41. The third kappa shape index (κ3) is 1.61. The van der Waals surface area contributed by atoms with E-state index >= 15 is 0 Å². The smallest absolute Gasteiger partial charge is 0.129 e. The zero-order valence-corrected chi connectivity index (χ0v) is 10.6. The van der Waals surface area contributed by atoms with E-state index in [9.17, 15) is 0 Å². The quantitative estimate of drug-likeness (QED) is 0.797. The third-order valence-corrected chi connectivity index (χ3v) is 2.88. The van der Waals surface area contributed by atoms with E-state index in [1.54, 1.807) is 0 Å². The van der Waals surface area contributed by atoms with Gasteiger partial charge in [-0.2, -0.15) is 0 Å². The summed E-state index contributed by atoms with van der Waals surface area (Å²) in [6.45, 7) is 8.17. The van der Waals surface area contributed by atoms with Crippen molar-refractivity contribution in [1.29, 1.82) is 0 Å². The number of aryl methyl sites for hydroxylation is 3. The average molecular weight is 217 g/mol. The van der Waals surface area contributed by atoms with Crippen molar-refractivity contribution in [3.63, 3.8) is 0 Å². The summed E-state index contributed by atoms with van der Waals surface area (Å²) in [4.78, 5) is 4.64. The van der Waals surface area contributed by atoms with Gasteiger partial charge in [0.1, 0.15) is 5.82 Å². The lowest BCUT2D eigenvalue weighted by Gasteiger charge is -2.17. The van der Waals surface area contributed by atoms with Crippen LogP contribution in [0, 0.1) is 13.8 Å². The van der Waals surface area contributed by atoms with E-state index in [2.05, 4.69) is 35.5 Å². The molecule has 1 heterocycles. The van der Waals surface area contributed by atoms with E-state index in [4.69, 9.17) is 5.73 Å². The molecule has 0 amide bonds. The van der Waals surface area contributed by atoms with Crippen LogP contribution in [0.4, 0.5) is 0 Å². The molecule has 16 heavy (non-hydrogen) atoms. The lowest BCUT2D eigenvalue weighted by Crippen LogP contribution is -2.32. The van der Waals surface area contributed by atoms with Gasteiger partial charge in [-0.15, -0.1) is 0 Å². The van der Waals surface area contributed by atoms with Crippen LogP contribution in [0.15, 0.2) is 12.1 Å². The third-order valence-electron chi connectivity index (χ3n) is 2.88. The van der Waals surface area contributed by atoms with Crippen LogP contribution in [0.3, 0.4) is 0 Å². The molecule has 0 aliphatic carbocycles. The highest BCUT2D eigenvalue weighted by Crippen LogP contribution is 2.25. The first-order valence-electron chi connectivity index (χ1n) is 5.54. The summed E-state index contributed by atoms with van der Waals surface area (Å²) >= 11 is 0. The van der Waals surface area contributed by atoms with E-state index in [0.717, 1.165) is 11.3 Å². The summed E-state index contributed by atoms with van der Waals surface area (Å²) in [6, 6.07) is 4.29. The van der Waals surface area contributed by atoms with Crippen molar-refractivity contribution in [1.82, 2.24) is 9.55 Å². The number of aromatic nitrogens is 2. The van der Waals surface area contributed by atoms with Gasteiger partial charge in [0.25, 0.3) is 0 Å². The molecule has 0 aliphatic heterocycles. The van der Waals surface area contributed by atoms with Crippen molar-refractivity contribution < 1.29 is 0 Å². The molecule has 0 aliphatic rings. The highest BCUT2D eigenvalue weighted by molar-refractivity contribution is 5.80. The lowest BCUT2D eigenvalue weighted by atomic mass is 10.1. The van der Waals surface area contributed by atoms with Crippen molar-refractivity contribution in [3.8, 4) is 0 Å². The Hall–Kier alpha value is -1.35. The maximum absolute atomic E-state index is 6.13. The molecule has 0 atom stereocenters. The molecule has 0 bridgehead atoms. The van der Waals surface area contributed by atoms with Crippen LogP contribution >= 0.6 is 0 Å². The van der Waals surface area contributed by atoms with Crippen LogP contribution in [0.1, 0.15) is 30.8 Å². The van der Waals surface area contributed by atoms with Crippen molar-refractivity contribution in [2.75, 3.05) is 0 Å². The maximum Gasteiger partial charge on any atom is 0.129 e. The molecule has 3 nitrogen and oxygen atoms in total. The van der Waals surface area contributed by atoms with E-state index in [1.807, 2.05) is 20.9 Å². The van der Waals surface area contributed by atoms with E-state index in [0.29, 0.717) is 0 Å². The number of fused-ring (bicyclic) bond motifs is 1. The molecule has 0 spiro atoms. The molecule has 3 heteroatoms. The first kappa shape index (κ1) is 11.1. The first-order chi connectivity index (χ1) is 7.30. The Balaban J connectivity index is 2.83. The molecular weight excluding hydrogens is 198 g/mol. The lowest BCUT2D eigenvalue weighted by molar-refractivity contribution is 0.498. The fraction of sp³-hybridized carbons (Fsp3) is 0.462. The standard InChI is InChI=1S/C13H19N3/c1-8-6-9(2)11-10(7-8)15-12(16(11)5)13(3,4)14/h6-7H,14H2,1-5H3. The van der Waals surface area contributed by atoms with Crippen molar-refractivity contribution in [2.45, 2.75) is 33.2 Å². The highest BCUT2D eigenvalue weighted by atomic mass is 15.1. The monoisotopic (exact) mass is 217 g/mol. The summed E-state index contributed by atoms with van der Waals surface area (Å²) in [7, 11) is 2.03. The molecule has 1 aromatic heterocycles. The highest BCUT2D eigenvalue weighted by Gasteiger charge is 2.22. The van der Waals surface area contributed by atoms with Crippen molar-refractivity contribution >= 4 is 11.0 Å². The van der Waals surface area contributed by atoms with Gasteiger partial charge in [-0.1, -0.05) is 6.07 Å². The fourth-order valence-electron chi connectivity index (χ4n) is 2.33. The zero-order chi connectivity index (χ0) is 12.1. The van der Waals surface area contributed by atoms with E-state index in [-0.39, 0.29) is 0 Å². The number of imidazole rings is 1. The second-order valence-electron chi connectivity index (χ2n) is 5.17. The number of benzene rings is 1. The number of hydrogen-bond acceptors (Lipinski definition) is 2. The molecule has 0 saturated heterocycles. The summed E-state index contributed by atoms with van der Waals surface area (Å²) in [5.41, 5.74) is 10.4. The Morgan fingerprint density at radius 3 is 2.44 bits per heavy atom. The van der Waals surface area contributed by atoms with Gasteiger partial charge in [0.15, 0.2) is 0 Å². The van der Waals surface area contributed by atoms with Crippen LogP contribution in [-0.2, 0) is 12.6 Å². The van der Waals surface area contributed by atoms with Gasteiger partial charge >= 0.3 is 0 Å². The molecule has 86 valence electrons. The molecule has 0 fully saturated rings. The maximum atomic E-state index is 6.13. The molecule has 1 aromatic carbocycles. The van der Waals surface area contributed by atoms with Crippen molar-refractivity contribution in [3.05, 3.63) is 29.1 Å². The van der Waals surface area contributed by atoms with Gasteiger partial charge in [0.05, 0.1) is 16.6 Å². The predicted octanol–water partition coefficient (Wildman–Crippen LogP) is 2.38. The fourth-order valence-corrected chi connectivity index (χ4v) is 2.33. The van der Waals surface area contributed by atoms with Gasteiger partial charge in [0.2, 0.25) is 0 Å². The first-order valence-corrected chi connectivity index (χ1v) is 5.54. The van der Waals surface area contributed by atoms with Crippen LogP contribution in [-0.4, -0.2) is 9.55 Å². The summed E-state index contributed by atoms with van der Waals surface area (Å²) in [5.74, 6) is 0.927. The van der Waals surface area contributed by atoms with Gasteiger partial charge in [-0.3, -0.25) is 0 Å². The molecule has 0 unspecified atom stereocenters. The van der Waals surface area contributed by atoms with Gasteiger partial charge in [0, 0.05) is 7.05 Å². The minimum atomic E-state index is -0.409. The predicted molar refractivity (Wildman–Crippen MR) is 67.4 cm³/mol. The molecule has 0 saturated carbocycles. The Morgan fingerprint density at radius 1 is 1.25 bits per heavy atom. The topological polar surface area (TPSA) is 43.8 Å². The molecule has 2 rings (SSSR count). The van der Waals surface area contributed by atoms with Crippen molar-refractivity contribution in [2.24, 2.45) is 12.8 Å². The minimum Gasteiger partial charge on any atom is -0.329 e. The Morgan fingerprint density at radius 2 is 1.88 bits per heavy atom. The molecule has 2 N–H and O–H groups in total. The van der Waals surface area contributed by atoms with E-state index in [1.165, 1.54) is 16.6 Å². The number of nitrogens with two attached hydrogens (primary N) is 1. The van der Waals surface area contributed by atoms with Crippen LogP contribution in [0.25, 0.3) is 11.0 Å². The number of rotatable bonds is 1. The van der Waals surface area contributed by atoms with Crippen LogP contribution in [0.5, 0.6) is 0 Å². The molecular formula is C13H19N3. The van der Waals surface area contributed by atoms with Crippen LogP contribution in [0.2, 0.25) is 0 Å². The second-order valence-corrected chi connectivity index (χ2v) is 5.17. The SMILES string of the molecule is Cc1cc(C)c2c(c1)nc(C(C)(C)N)n2C. The zero-order valence-electron chi connectivity index (χ0n) is 10.6. The second kappa shape index (κ2) is 3.32. The minimum absolute atomic E-state index is 0.409. The summed E-state index contributed by atoms with van der Waals surface area (Å²) in [6.07, 6.45) is 0. The summed E-state index contributed by atoms with van der Waals surface area (Å²) < 4.78 is 2.10. The number of nitrogens with zero attached hydrogens (tertiary/aromatic N) is 2. The Bertz CT molecular complexity index is 544. The Kier molecular flexibility index (Phi) is 2.31. The summed E-state index contributed by atoms with van der Waals surface area (Å²) in [5, 5.41) is 0. The Labute approximate surface area is 96.3 Å². The van der Waals surface area contributed by atoms with Gasteiger partial charge in [-0.25, -0.2) is 4.98 Å². The molecule has 0 radical (unpaired) electrons. The number of hydrogen-bond donors (Lipinski definition) is 1. The van der Waals surface area contributed by atoms with Gasteiger partial charge < -0.3 is 10.3 Å². The van der Waals surface area contributed by atoms with E-state index < -0.39 is 5.54 Å². The molecule has 2 aromatic rings.